The Hall–Kier alpha value is -2.73. The Labute approximate surface area is 145 Å². The van der Waals surface area contributed by atoms with Gasteiger partial charge in [-0.15, -0.1) is 0 Å². The molecular weight excluding hydrogens is 330 g/mol. The Bertz CT molecular complexity index is 762. The predicted octanol–water partition coefficient (Wildman–Crippen LogP) is 3.38. The van der Waals surface area contributed by atoms with Gasteiger partial charge >= 0.3 is 6.03 Å². The summed E-state index contributed by atoms with van der Waals surface area (Å²) in [5, 5.41) is 5.10. The van der Waals surface area contributed by atoms with Crippen LogP contribution in [-0.2, 0) is 0 Å². The minimum atomic E-state index is -0.653. The first-order chi connectivity index (χ1) is 11.4. The molecule has 2 aromatic rings. The lowest BCUT2D eigenvalue weighted by molar-refractivity contribution is 0.0967. The van der Waals surface area contributed by atoms with Gasteiger partial charge < -0.3 is 15.0 Å². The zero-order valence-electron chi connectivity index (χ0n) is 13.6. The molecule has 3 amide bonds. The molecule has 0 saturated heterocycles. The monoisotopic (exact) mass is 347 g/mol. The minimum absolute atomic E-state index is 0.231. The van der Waals surface area contributed by atoms with Crippen LogP contribution in [0.15, 0.2) is 42.5 Å². The summed E-state index contributed by atoms with van der Waals surface area (Å²) < 4.78 is 5.30. The largest absolute Gasteiger partial charge is 0.495 e. The molecule has 7 heteroatoms. The number of carbonyl (C=O) groups excluding carboxylic acids is 2. The SMILES string of the molecule is COc1cc(NC(=O)NC(=O)c2ccccc2Cl)ccc1N(C)C. The van der Waals surface area contributed by atoms with Crippen molar-refractivity contribution in [2.45, 2.75) is 0 Å². The first kappa shape index (κ1) is 17.6. The van der Waals surface area contributed by atoms with Crippen LogP contribution in [0, 0.1) is 0 Å². The number of nitrogens with zero attached hydrogens (tertiary/aromatic N) is 1. The van der Waals surface area contributed by atoms with Crippen molar-refractivity contribution in [3.63, 3.8) is 0 Å². The summed E-state index contributed by atoms with van der Waals surface area (Å²) in [5.41, 5.74) is 1.60. The van der Waals surface area contributed by atoms with Crippen molar-refractivity contribution >= 4 is 34.9 Å². The lowest BCUT2D eigenvalue weighted by Gasteiger charge is -2.17. The molecule has 2 rings (SSSR count). The van der Waals surface area contributed by atoms with Gasteiger partial charge in [0.25, 0.3) is 5.91 Å². The van der Waals surface area contributed by atoms with E-state index in [1.165, 1.54) is 0 Å². The number of ether oxygens (including phenoxy) is 1. The lowest BCUT2D eigenvalue weighted by Crippen LogP contribution is -2.34. The number of anilines is 2. The number of imide groups is 1. The number of benzene rings is 2. The zero-order chi connectivity index (χ0) is 17.7. The molecule has 24 heavy (non-hydrogen) atoms. The fourth-order valence-corrected chi connectivity index (χ4v) is 2.32. The summed E-state index contributed by atoms with van der Waals surface area (Å²) >= 11 is 5.94. The number of hydrogen-bond acceptors (Lipinski definition) is 4. The van der Waals surface area contributed by atoms with Crippen molar-refractivity contribution in [3.05, 3.63) is 53.1 Å². The van der Waals surface area contributed by atoms with E-state index < -0.39 is 11.9 Å². The molecule has 0 aromatic heterocycles. The molecule has 0 spiro atoms. The Balaban J connectivity index is 2.07. The van der Waals surface area contributed by atoms with E-state index in [-0.39, 0.29) is 10.6 Å². The van der Waals surface area contributed by atoms with Crippen LogP contribution < -0.4 is 20.3 Å². The lowest BCUT2D eigenvalue weighted by atomic mass is 10.2. The molecule has 6 nitrogen and oxygen atoms in total. The van der Waals surface area contributed by atoms with Crippen LogP contribution in [0.2, 0.25) is 5.02 Å². The summed E-state index contributed by atoms with van der Waals surface area (Å²) in [7, 11) is 5.33. The average Bonchev–Trinajstić information content (AvgIpc) is 2.54. The van der Waals surface area contributed by atoms with Gasteiger partial charge in [0.05, 0.1) is 23.4 Å². The summed E-state index contributed by atoms with van der Waals surface area (Å²) in [5.74, 6) is 0.0326. The van der Waals surface area contributed by atoms with Gasteiger partial charge in [-0.25, -0.2) is 4.79 Å². The molecule has 0 atom stereocenters. The van der Waals surface area contributed by atoms with Crippen LogP contribution in [0.1, 0.15) is 10.4 Å². The fourth-order valence-electron chi connectivity index (χ4n) is 2.10. The second-order valence-corrected chi connectivity index (χ2v) is 5.58. The molecule has 0 aliphatic rings. The Morgan fingerprint density at radius 1 is 1.12 bits per heavy atom. The normalized spacial score (nSPS) is 10.0. The minimum Gasteiger partial charge on any atom is -0.495 e. The fraction of sp³-hybridized carbons (Fsp3) is 0.176. The standard InChI is InChI=1S/C17H18ClN3O3/c1-21(2)14-9-8-11(10-15(14)24-3)19-17(23)20-16(22)12-6-4-5-7-13(12)18/h4-10H,1-3H3,(H2,19,20,22,23). The zero-order valence-corrected chi connectivity index (χ0v) is 14.3. The maximum absolute atomic E-state index is 12.0. The van der Waals surface area contributed by atoms with E-state index in [1.54, 1.807) is 43.5 Å². The van der Waals surface area contributed by atoms with E-state index in [1.807, 2.05) is 25.1 Å². The first-order valence-corrected chi connectivity index (χ1v) is 7.52. The smallest absolute Gasteiger partial charge is 0.326 e. The van der Waals surface area contributed by atoms with Gasteiger partial charge in [-0.1, -0.05) is 23.7 Å². The number of halogens is 1. The van der Waals surface area contributed by atoms with Crippen molar-refractivity contribution in [1.82, 2.24) is 5.32 Å². The third kappa shape index (κ3) is 4.17. The van der Waals surface area contributed by atoms with Crippen LogP contribution in [0.5, 0.6) is 5.75 Å². The predicted molar refractivity (Wildman–Crippen MR) is 95.3 cm³/mol. The van der Waals surface area contributed by atoms with E-state index in [4.69, 9.17) is 16.3 Å². The van der Waals surface area contributed by atoms with Crippen molar-refractivity contribution in [1.29, 1.82) is 0 Å². The van der Waals surface area contributed by atoms with E-state index >= 15 is 0 Å². The highest BCUT2D eigenvalue weighted by Crippen LogP contribution is 2.29. The Kier molecular flexibility index (Phi) is 5.65. The Morgan fingerprint density at radius 2 is 1.83 bits per heavy atom. The summed E-state index contributed by atoms with van der Waals surface area (Å²) in [6.07, 6.45) is 0. The number of urea groups is 1. The number of nitrogens with one attached hydrogen (secondary N) is 2. The number of rotatable bonds is 4. The first-order valence-electron chi connectivity index (χ1n) is 7.14. The highest BCUT2D eigenvalue weighted by atomic mass is 35.5. The molecular formula is C17H18ClN3O3. The van der Waals surface area contributed by atoms with E-state index in [9.17, 15) is 9.59 Å². The summed E-state index contributed by atoms with van der Waals surface area (Å²) in [6.45, 7) is 0. The number of methoxy groups -OCH3 is 1. The van der Waals surface area contributed by atoms with Crippen molar-refractivity contribution in [3.8, 4) is 5.75 Å². The van der Waals surface area contributed by atoms with Crippen molar-refractivity contribution in [2.24, 2.45) is 0 Å². The quantitative estimate of drug-likeness (QED) is 0.889. The molecule has 126 valence electrons. The topological polar surface area (TPSA) is 70.7 Å². The number of carbonyl (C=O) groups is 2. The third-order valence-corrected chi connectivity index (χ3v) is 3.59. The van der Waals surface area contributed by atoms with Crippen molar-refractivity contribution in [2.75, 3.05) is 31.4 Å². The average molecular weight is 348 g/mol. The molecule has 0 heterocycles. The van der Waals surface area contributed by atoms with Crippen LogP contribution in [0.25, 0.3) is 0 Å². The van der Waals surface area contributed by atoms with Crippen LogP contribution in [-0.4, -0.2) is 33.1 Å². The van der Waals surface area contributed by atoms with Crippen LogP contribution in [0.4, 0.5) is 16.2 Å². The molecule has 0 unspecified atom stereocenters. The maximum atomic E-state index is 12.0. The van der Waals surface area contributed by atoms with Gasteiger partial charge in [0.2, 0.25) is 0 Å². The highest BCUT2D eigenvalue weighted by molar-refractivity contribution is 6.34. The van der Waals surface area contributed by atoms with E-state index in [0.717, 1.165) is 5.69 Å². The molecule has 0 fully saturated rings. The highest BCUT2D eigenvalue weighted by Gasteiger charge is 2.14. The van der Waals surface area contributed by atoms with Gasteiger partial charge in [0.1, 0.15) is 5.75 Å². The van der Waals surface area contributed by atoms with Crippen LogP contribution in [0.3, 0.4) is 0 Å². The third-order valence-electron chi connectivity index (χ3n) is 3.26. The molecule has 0 radical (unpaired) electrons. The molecule has 2 aromatic carbocycles. The van der Waals surface area contributed by atoms with Crippen molar-refractivity contribution < 1.29 is 14.3 Å². The van der Waals surface area contributed by atoms with Gasteiger partial charge in [-0.2, -0.15) is 0 Å². The van der Waals surface area contributed by atoms with E-state index in [2.05, 4.69) is 10.6 Å². The Morgan fingerprint density at radius 3 is 2.46 bits per heavy atom. The van der Waals surface area contributed by atoms with Gasteiger partial charge in [-0.05, 0) is 24.3 Å². The second kappa shape index (κ2) is 7.70. The molecule has 0 aliphatic heterocycles. The van der Waals surface area contributed by atoms with Gasteiger partial charge in [0.15, 0.2) is 0 Å². The second-order valence-electron chi connectivity index (χ2n) is 5.17. The summed E-state index contributed by atoms with van der Waals surface area (Å²) in [4.78, 5) is 25.9. The van der Waals surface area contributed by atoms with E-state index in [0.29, 0.717) is 11.4 Å². The van der Waals surface area contributed by atoms with Crippen LogP contribution >= 0.6 is 11.6 Å². The number of hydrogen-bond donors (Lipinski definition) is 2. The maximum Gasteiger partial charge on any atom is 0.326 e. The number of amides is 3. The van der Waals surface area contributed by atoms with Gasteiger partial charge in [-0.3, -0.25) is 10.1 Å². The molecule has 0 bridgehead atoms. The molecule has 2 N–H and O–H groups in total. The molecule has 0 saturated carbocycles. The molecule has 0 aliphatic carbocycles. The summed E-state index contributed by atoms with van der Waals surface area (Å²) in [6, 6.07) is 11.1. The van der Waals surface area contributed by atoms with Gasteiger partial charge in [0, 0.05) is 25.8 Å².